The van der Waals surface area contributed by atoms with Gasteiger partial charge in [-0.25, -0.2) is 4.98 Å². The fourth-order valence-corrected chi connectivity index (χ4v) is 3.47. The van der Waals surface area contributed by atoms with Crippen LogP contribution in [-0.2, 0) is 6.54 Å². The van der Waals surface area contributed by atoms with Gasteiger partial charge in [-0.2, -0.15) is 0 Å². The maximum atomic E-state index is 13.5. The molecule has 0 bridgehead atoms. The molecule has 5 heteroatoms. The molecule has 0 aliphatic heterocycles. The van der Waals surface area contributed by atoms with Gasteiger partial charge in [-0.1, -0.05) is 18.2 Å². The van der Waals surface area contributed by atoms with Gasteiger partial charge >= 0.3 is 0 Å². The van der Waals surface area contributed by atoms with Crippen molar-refractivity contribution in [3.8, 4) is 17.0 Å². The molecule has 4 aromatic rings. The second-order valence-corrected chi connectivity index (χ2v) is 6.98. The molecule has 0 unspecified atom stereocenters. The number of amides is 1. The predicted octanol–water partition coefficient (Wildman–Crippen LogP) is 4.97. The number of para-hydroxylation sites is 1. The van der Waals surface area contributed by atoms with Crippen molar-refractivity contribution in [2.75, 3.05) is 13.7 Å². The van der Waals surface area contributed by atoms with Gasteiger partial charge in [-0.3, -0.25) is 9.78 Å². The maximum absolute atomic E-state index is 13.5. The number of aromatic nitrogens is 2. The summed E-state index contributed by atoms with van der Waals surface area (Å²) < 4.78 is 5.25. The van der Waals surface area contributed by atoms with E-state index in [1.165, 1.54) is 0 Å². The van der Waals surface area contributed by atoms with Crippen LogP contribution in [0.5, 0.6) is 5.75 Å². The average Bonchev–Trinajstić information content (AvgIpc) is 2.82. The zero-order valence-corrected chi connectivity index (χ0v) is 17.1. The summed E-state index contributed by atoms with van der Waals surface area (Å²) >= 11 is 0. The summed E-state index contributed by atoms with van der Waals surface area (Å²) in [5.74, 6) is 0.771. The van der Waals surface area contributed by atoms with Crippen LogP contribution >= 0.6 is 0 Å². The van der Waals surface area contributed by atoms with E-state index in [1.807, 2.05) is 78.6 Å². The molecule has 30 heavy (non-hydrogen) atoms. The Morgan fingerprint density at radius 3 is 2.43 bits per heavy atom. The second-order valence-electron chi connectivity index (χ2n) is 6.98. The second kappa shape index (κ2) is 8.74. The zero-order valence-electron chi connectivity index (χ0n) is 17.1. The Labute approximate surface area is 176 Å². The van der Waals surface area contributed by atoms with Crippen molar-refractivity contribution in [1.82, 2.24) is 14.9 Å². The molecule has 5 nitrogen and oxygen atoms in total. The van der Waals surface area contributed by atoms with Gasteiger partial charge in [0.15, 0.2) is 0 Å². The molecule has 0 fully saturated rings. The molecule has 2 heterocycles. The Hall–Kier alpha value is -3.73. The van der Waals surface area contributed by atoms with Crippen LogP contribution in [0, 0.1) is 0 Å². The molecule has 0 saturated carbocycles. The van der Waals surface area contributed by atoms with E-state index in [9.17, 15) is 4.79 Å². The van der Waals surface area contributed by atoms with Gasteiger partial charge in [0.25, 0.3) is 5.91 Å². The average molecular weight is 397 g/mol. The molecule has 0 aliphatic carbocycles. The van der Waals surface area contributed by atoms with E-state index in [0.29, 0.717) is 18.7 Å². The van der Waals surface area contributed by atoms with Gasteiger partial charge < -0.3 is 9.64 Å². The van der Waals surface area contributed by atoms with E-state index in [-0.39, 0.29) is 5.91 Å². The minimum atomic E-state index is -0.0114. The number of benzene rings is 2. The summed E-state index contributed by atoms with van der Waals surface area (Å²) in [7, 11) is 1.64. The number of carbonyl (C=O) groups excluding carboxylic acids is 1. The summed E-state index contributed by atoms with van der Waals surface area (Å²) in [4.78, 5) is 24.2. The van der Waals surface area contributed by atoms with Crippen LogP contribution in [-0.4, -0.2) is 34.4 Å². The minimum absolute atomic E-state index is 0.0114. The van der Waals surface area contributed by atoms with Gasteiger partial charge in [0.2, 0.25) is 0 Å². The number of methoxy groups -OCH3 is 1. The minimum Gasteiger partial charge on any atom is -0.497 e. The molecule has 0 spiro atoms. The Morgan fingerprint density at radius 2 is 1.73 bits per heavy atom. The van der Waals surface area contributed by atoms with Crippen LogP contribution in [0.3, 0.4) is 0 Å². The van der Waals surface area contributed by atoms with Gasteiger partial charge in [-0.15, -0.1) is 0 Å². The molecular weight excluding hydrogens is 374 g/mol. The van der Waals surface area contributed by atoms with E-state index < -0.39 is 0 Å². The third-order valence-electron chi connectivity index (χ3n) is 5.12. The molecule has 0 N–H and O–H groups in total. The molecule has 0 atom stereocenters. The number of hydrogen-bond acceptors (Lipinski definition) is 4. The number of fused-ring (bicyclic) bond motifs is 1. The van der Waals surface area contributed by atoms with Gasteiger partial charge in [0.1, 0.15) is 5.75 Å². The number of nitrogens with zero attached hydrogens (tertiary/aromatic N) is 3. The van der Waals surface area contributed by atoms with Gasteiger partial charge in [0, 0.05) is 36.4 Å². The Morgan fingerprint density at radius 1 is 1.00 bits per heavy atom. The fraction of sp³-hybridized carbons (Fsp3) is 0.160. The molecule has 150 valence electrons. The largest absolute Gasteiger partial charge is 0.497 e. The van der Waals surface area contributed by atoms with E-state index in [1.54, 1.807) is 19.5 Å². The van der Waals surface area contributed by atoms with Crippen molar-refractivity contribution in [2.24, 2.45) is 0 Å². The molecule has 0 aliphatic rings. The highest BCUT2D eigenvalue weighted by molar-refractivity contribution is 6.07. The lowest BCUT2D eigenvalue weighted by atomic mass is 10.0. The van der Waals surface area contributed by atoms with E-state index in [2.05, 4.69) is 4.98 Å². The van der Waals surface area contributed by atoms with Crippen molar-refractivity contribution in [3.63, 3.8) is 0 Å². The van der Waals surface area contributed by atoms with Gasteiger partial charge in [0.05, 0.1) is 23.9 Å². The monoisotopic (exact) mass is 397 g/mol. The first-order valence-electron chi connectivity index (χ1n) is 9.92. The van der Waals surface area contributed by atoms with Crippen LogP contribution < -0.4 is 4.74 Å². The van der Waals surface area contributed by atoms with Crippen molar-refractivity contribution in [2.45, 2.75) is 13.5 Å². The molecule has 2 aromatic heterocycles. The van der Waals surface area contributed by atoms with E-state index >= 15 is 0 Å². The Balaban J connectivity index is 1.77. The molecular formula is C25H23N3O2. The highest BCUT2D eigenvalue weighted by Gasteiger charge is 2.19. The van der Waals surface area contributed by atoms with Crippen molar-refractivity contribution < 1.29 is 9.53 Å². The van der Waals surface area contributed by atoms with E-state index in [0.717, 1.165) is 33.5 Å². The van der Waals surface area contributed by atoms with Crippen LogP contribution in [0.2, 0.25) is 0 Å². The topological polar surface area (TPSA) is 55.3 Å². The smallest absolute Gasteiger partial charge is 0.254 e. The number of hydrogen-bond donors (Lipinski definition) is 0. The Bertz CT molecular complexity index is 1160. The summed E-state index contributed by atoms with van der Waals surface area (Å²) in [5, 5.41) is 0.855. The Kier molecular flexibility index (Phi) is 5.70. The molecule has 4 rings (SSSR count). The lowest BCUT2D eigenvalue weighted by molar-refractivity contribution is 0.0754. The molecule has 0 saturated heterocycles. The SMILES string of the molecule is CCN(Cc1ccncc1)C(=O)c1cc(-c2ccc(OC)cc2)nc2ccccc12. The van der Waals surface area contributed by atoms with Crippen LogP contribution in [0.15, 0.2) is 79.1 Å². The van der Waals surface area contributed by atoms with Crippen molar-refractivity contribution >= 4 is 16.8 Å². The van der Waals surface area contributed by atoms with Crippen molar-refractivity contribution in [3.05, 3.63) is 90.3 Å². The first-order chi connectivity index (χ1) is 14.7. The van der Waals surface area contributed by atoms with Gasteiger partial charge in [-0.05, 0) is 61.0 Å². The van der Waals surface area contributed by atoms with E-state index in [4.69, 9.17) is 9.72 Å². The summed E-state index contributed by atoms with van der Waals surface area (Å²) in [6.45, 7) is 3.13. The highest BCUT2D eigenvalue weighted by atomic mass is 16.5. The predicted molar refractivity (Wildman–Crippen MR) is 118 cm³/mol. The van der Waals surface area contributed by atoms with Crippen LogP contribution in [0.4, 0.5) is 0 Å². The number of carbonyl (C=O) groups is 1. The highest BCUT2D eigenvalue weighted by Crippen LogP contribution is 2.27. The molecule has 1 amide bonds. The first-order valence-corrected chi connectivity index (χ1v) is 9.92. The summed E-state index contributed by atoms with van der Waals surface area (Å²) in [6.07, 6.45) is 3.49. The lowest BCUT2D eigenvalue weighted by Crippen LogP contribution is -2.30. The molecule has 0 radical (unpaired) electrons. The standard InChI is InChI=1S/C25H23N3O2/c1-3-28(17-18-12-14-26-15-13-18)25(29)22-16-24(19-8-10-20(30-2)11-9-19)27-23-7-5-4-6-21(22)23/h4-16H,3,17H2,1-2H3. The molecule has 2 aromatic carbocycles. The maximum Gasteiger partial charge on any atom is 0.254 e. The normalized spacial score (nSPS) is 10.7. The fourth-order valence-electron chi connectivity index (χ4n) is 3.47. The summed E-state index contributed by atoms with van der Waals surface area (Å²) in [6, 6.07) is 21.2. The number of ether oxygens (including phenoxy) is 1. The van der Waals surface area contributed by atoms with Crippen molar-refractivity contribution in [1.29, 1.82) is 0 Å². The van der Waals surface area contributed by atoms with Crippen LogP contribution in [0.25, 0.3) is 22.2 Å². The zero-order chi connectivity index (χ0) is 20.9. The van der Waals surface area contributed by atoms with Crippen LogP contribution in [0.1, 0.15) is 22.8 Å². The number of pyridine rings is 2. The lowest BCUT2D eigenvalue weighted by Gasteiger charge is -2.22. The third-order valence-corrected chi connectivity index (χ3v) is 5.12. The first kappa shape index (κ1) is 19.6. The summed E-state index contributed by atoms with van der Waals surface area (Å²) in [5.41, 5.74) is 4.21. The number of rotatable bonds is 6. The quantitative estimate of drug-likeness (QED) is 0.461. The third kappa shape index (κ3) is 4.01.